The highest BCUT2D eigenvalue weighted by Crippen LogP contribution is 2.26. The second-order valence-corrected chi connectivity index (χ2v) is 4.48. The van der Waals surface area contributed by atoms with Crippen LogP contribution in [0, 0.1) is 0 Å². The standard InChI is InChI=1S/C12H19N5O2/c1-2-14-12-9(13)3-4-10(16-12)17-6-8(19)5-11(17)15-7-18/h3-4,7-8,11,19H,2,5-6,13H2,1H3,(H,14,16)(H,15,18). The number of rotatable bonds is 5. The lowest BCUT2D eigenvalue weighted by Crippen LogP contribution is -2.41. The number of hydrogen-bond acceptors (Lipinski definition) is 6. The van der Waals surface area contributed by atoms with Gasteiger partial charge in [-0.25, -0.2) is 4.98 Å². The van der Waals surface area contributed by atoms with Gasteiger partial charge in [0.2, 0.25) is 6.41 Å². The molecule has 0 radical (unpaired) electrons. The Balaban J connectivity index is 2.24. The van der Waals surface area contributed by atoms with Crippen molar-refractivity contribution in [3.63, 3.8) is 0 Å². The number of β-amino-alcohol motifs (C(OH)–C–C–N with tert-alkyl or cyclic N) is 1. The molecule has 2 atom stereocenters. The Morgan fingerprint density at radius 1 is 1.63 bits per heavy atom. The molecule has 7 heteroatoms. The second kappa shape index (κ2) is 5.75. The lowest BCUT2D eigenvalue weighted by molar-refractivity contribution is -0.110. The normalized spacial score (nSPS) is 22.3. The number of pyridine rings is 1. The van der Waals surface area contributed by atoms with E-state index in [0.717, 1.165) is 6.54 Å². The number of aliphatic hydroxyl groups is 1. The maximum Gasteiger partial charge on any atom is 0.208 e. The van der Waals surface area contributed by atoms with Crippen molar-refractivity contribution in [3.8, 4) is 0 Å². The minimum absolute atomic E-state index is 0.238. The van der Waals surface area contributed by atoms with Crippen molar-refractivity contribution in [3.05, 3.63) is 12.1 Å². The molecule has 2 rings (SSSR count). The fraction of sp³-hybridized carbons (Fsp3) is 0.500. The Hall–Kier alpha value is -2.02. The van der Waals surface area contributed by atoms with Crippen LogP contribution in [0.2, 0.25) is 0 Å². The van der Waals surface area contributed by atoms with Gasteiger partial charge in [-0.1, -0.05) is 0 Å². The second-order valence-electron chi connectivity index (χ2n) is 4.48. The van der Waals surface area contributed by atoms with Crippen molar-refractivity contribution in [2.75, 3.05) is 29.0 Å². The Morgan fingerprint density at radius 2 is 2.42 bits per heavy atom. The molecule has 1 aliphatic heterocycles. The third-order valence-electron chi connectivity index (χ3n) is 3.09. The molecule has 1 saturated heterocycles. The van der Waals surface area contributed by atoms with E-state index in [1.807, 2.05) is 11.8 Å². The summed E-state index contributed by atoms with van der Waals surface area (Å²) in [6, 6.07) is 3.55. The molecule has 1 aromatic rings. The molecule has 2 heterocycles. The van der Waals surface area contributed by atoms with E-state index in [-0.39, 0.29) is 6.17 Å². The highest BCUT2D eigenvalue weighted by Gasteiger charge is 2.31. The number of aliphatic hydroxyl groups excluding tert-OH is 1. The molecule has 0 aliphatic carbocycles. The van der Waals surface area contributed by atoms with Gasteiger partial charge >= 0.3 is 0 Å². The van der Waals surface area contributed by atoms with Crippen molar-refractivity contribution in [1.29, 1.82) is 0 Å². The smallest absolute Gasteiger partial charge is 0.208 e. The summed E-state index contributed by atoms with van der Waals surface area (Å²) in [5, 5.41) is 15.5. The first-order valence-electron chi connectivity index (χ1n) is 6.30. The molecule has 1 amide bonds. The lowest BCUT2D eigenvalue weighted by atomic mass is 10.3. The summed E-state index contributed by atoms with van der Waals surface area (Å²) in [6.45, 7) is 3.12. The van der Waals surface area contributed by atoms with Gasteiger partial charge in [0, 0.05) is 19.5 Å². The van der Waals surface area contributed by atoms with Gasteiger partial charge in [0.25, 0.3) is 0 Å². The van der Waals surface area contributed by atoms with Crippen LogP contribution in [0.5, 0.6) is 0 Å². The Kier molecular flexibility index (Phi) is 4.06. The predicted octanol–water partition coefficient (Wildman–Crippen LogP) is -0.261. The third-order valence-corrected chi connectivity index (χ3v) is 3.09. The maximum absolute atomic E-state index is 10.6. The van der Waals surface area contributed by atoms with Gasteiger partial charge in [-0.05, 0) is 19.1 Å². The van der Waals surface area contributed by atoms with E-state index in [4.69, 9.17) is 5.73 Å². The summed E-state index contributed by atoms with van der Waals surface area (Å²) < 4.78 is 0. The molecule has 1 fully saturated rings. The van der Waals surface area contributed by atoms with Crippen LogP contribution in [0.25, 0.3) is 0 Å². The van der Waals surface area contributed by atoms with E-state index in [2.05, 4.69) is 15.6 Å². The average Bonchev–Trinajstić information content (AvgIpc) is 2.74. The third kappa shape index (κ3) is 2.87. The van der Waals surface area contributed by atoms with Crippen molar-refractivity contribution < 1.29 is 9.90 Å². The number of carbonyl (C=O) groups excluding carboxylic acids is 1. The molecular weight excluding hydrogens is 246 g/mol. The number of amides is 1. The van der Waals surface area contributed by atoms with Crippen LogP contribution in [0.15, 0.2) is 12.1 Å². The Bertz CT molecular complexity index is 454. The van der Waals surface area contributed by atoms with Gasteiger partial charge in [0.05, 0.1) is 11.8 Å². The predicted molar refractivity (Wildman–Crippen MR) is 73.8 cm³/mol. The Labute approximate surface area is 111 Å². The largest absolute Gasteiger partial charge is 0.396 e. The van der Waals surface area contributed by atoms with E-state index >= 15 is 0 Å². The van der Waals surface area contributed by atoms with Crippen LogP contribution in [-0.4, -0.2) is 41.9 Å². The van der Waals surface area contributed by atoms with Crippen molar-refractivity contribution in [2.45, 2.75) is 25.6 Å². The Morgan fingerprint density at radius 3 is 3.11 bits per heavy atom. The fourth-order valence-corrected chi connectivity index (χ4v) is 2.23. The van der Waals surface area contributed by atoms with Gasteiger partial charge in [-0.15, -0.1) is 0 Å². The number of nitrogens with two attached hydrogens (primary N) is 1. The molecule has 2 unspecified atom stereocenters. The first-order valence-corrected chi connectivity index (χ1v) is 6.30. The zero-order chi connectivity index (χ0) is 13.8. The van der Waals surface area contributed by atoms with E-state index < -0.39 is 6.10 Å². The number of hydrogen-bond donors (Lipinski definition) is 4. The van der Waals surface area contributed by atoms with E-state index in [1.54, 1.807) is 12.1 Å². The van der Waals surface area contributed by atoms with Gasteiger partial charge < -0.3 is 26.4 Å². The average molecular weight is 265 g/mol. The van der Waals surface area contributed by atoms with Crippen LogP contribution < -0.4 is 21.3 Å². The van der Waals surface area contributed by atoms with Crippen LogP contribution >= 0.6 is 0 Å². The fourth-order valence-electron chi connectivity index (χ4n) is 2.23. The van der Waals surface area contributed by atoms with Crippen molar-refractivity contribution in [2.24, 2.45) is 0 Å². The van der Waals surface area contributed by atoms with Gasteiger partial charge in [0.15, 0.2) is 5.82 Å². The quantitative estimate of drug-likeness (QED) is 0.547. The lowest BCUT2D eigenvalue weighted by Gasteiger charge is -2.25. The molecular formula is C12H19N5O2. The van der Waals surface area contributed by atoms with E-state index in [0.29, 0.717) is 36.7 Å². The number of anilines is 3. The molecule has 0 aromatic carbocycles. The number of carbonyl (C=O) groups is 1. The first kappa shape index (κ1) is 13.4. The molecule has 7 nitrogen and oxygen atoms in total. The minimum atomic E-state index is -0.473. The zero-order valence-electron chi connectivity index (χ0n) is 10.8. The zero-order valence-corrected chi connectivity index (χ0v) is 10.8. The van der Waals surface area contributed by atoms with Crippen LogP contribution in [0.4, 0.5) is 17.3 Å². The molecule has 104 valence electrons. The highest BCUT2D eigenvalue weighted by molar-refractivity contribution is 5.65. The molecule has 5 N–H and O–H groups in total. The van der Waals surface area contributed by atoms with Crippen LogP contribution in [-0.2, 0) is 4.79 Å². The summed E-state index contributed by atoms with van der Waals surface area (Å²) in [5.74, 6) is 1.30. The van der Waals surface area contributed by atoms with Crippen LogP contribution in [0.3, 0.4) is 0 Å². The highest BCUT2D eigenvalue weighted by atomic mass is 16.3. The molecule has 1 aliphatic rings. The number of nitrogen functional groups attached to an aromatic ring is 1. The molecule has 0 spiro atoms. The summed E-state index contributed by atoms with van der Waals surface area (Å²) in [5.41, 5.74) is 6.40. The van der Waals surface area contributed by atoms with E-state index in [1.165, 1.54) is 0 Å². The van der Waals surface area contributed by atoms with Crippen LogP contribution in [0.1, 0.15) is 13.3 Å². The monoisotopic (exact) mass is 265 g/mol. The van der Waals surface area contributed by atoms with Crippen molar-refractivity contribution in [1.82, 2.24) is 10.3 Å². The van der Waals surface area contributed by atoms with Gasteiger partial charge in [-0.3, -0.25) is 4.79 Å². The summed E-state index contributed by atoms with van der Waals surface area (Å²) in [6.07, 6.45) is 0.414. The summed E-state index contributed by atoms with van der Waals surface area (Å²) in [4.78, 5) is 16.9. The molecule has 0 bridgehead atoms. The first-order chi connectivity index (χ1) is 9.15. The summed E-state index contributed by atoms with van der Waals surface area (Å²) in [7, 11) is 0. The molecule has 1 aromatic heterocycles. The molecule has 0 saturated carbocycles. The van der Waals surface area contributed by atoms with E-state index in [9.17, 15) is 9.90 Å². The number of nitrogens with one attached hydrogen (secondary N) is 2. The topological polar surface area (TPSA) is 104 Å². The van der Waals surface area contributed by atoms with Gasteiger partial charge in [0.1, 0.15) is 12.0 Å². The number of aromatic nitrogens is 1. The minimum Gasteiger partial charge on any atom is -0.396 e. The molecule has 19 heavy (non-hydrogen) atoms. The van der Waals surface area contributed by atoms with Gasteiger partial charge in [-0.2, -0.15) is 0 Å². The number of nitrogens with zero attached hydrogens (tertiary/aromatic N) is 2. The SMILES string of the molecule is CCNc1nc(N2CC(O)CC2NC=O)ccc1N. The maximum atomic E-state index is 10.6. The van der Waals surface area contributed by atoms with Crippen molar-refractivity contribution >= 4 is 23.7 Å². The summed E-state index contributed by atoms with van der Waals surface area (Å²) >= 11 is 0.